The van der Waals surface area contributed by atoms with Gasteiger partial charge in [0, 0.05) is 17.2 Å². The Morgan fingerprint density at radius 3 is 2.40 bits per heavy atom. The highest BCUT2D eigenvalue weighted by Gasteiger charge is 2.25. The van der Waals surface area contributed by atoms with Crippen LogP contribution >= 0.6 is 23.2 Å². The molecule has 2 aromatic rings. The van der Waals surface area contributed by atoms with E-state index < -0.39 is 0 Å². The standard InChI is InChI=1S/C15H16Cl2N2O/c1-20-15(10-5-3-2-4-6-10)14(19-18)12-9-11(16)7-8-13(12)17/h2-9,14-15,19H,18H2,1H3. The lowest BCUT2D eigenvalue weighted by Crippen LogP contribution is -2.33. The molecule has 2 unspecified atom stereocenters. The Morgan fingerprint density at radius 1 is 1.10 bits per heavy atom. The molecule has 0 bridgehead atoms. The molecule has 0 saturated heterocycles. The highest BCUT2D eigenvalue weighted by atomic mass is 35.5. The van der Waals surface area contributed by atoms with Gasteiger partial charge < -0.3 is 4.74 Å². The third-order valence-electron chi connectivity index (χ3n) is 3.16. The van der Waals surface area contributed by atoms with Gasteiger partial charge in [-0.05, 0) is 29.3 Å². The Bertz CT molecular complexity index is 563. The number of rotatable bonds is 5. The number of methoxy groups -OCH3 is 1. The van der Waals surface area contributed by atoms with Gasteiger partial charge in [-0.25, -0.2) is 5.43 Å². The summed E-state index contributed by atoms with van der Waals surface area (Å²) in [4.78, 5) is 0. The Labute approximate surface area is 128 Å². The fourth-order valence-electron chi connectivity index (χ4n) is 2.20. The van der Waals surface area contributed by atoms with E-state index in [0.29, 0.717) is 10.0 Å². The molecule has 0 fully saturated rings. The Kier molecular flexibility index (Phi) is 5.40. The zero-order chi connectivity index (χ0) is 14.5. The van der Waals surface area contributed by atoms with E-state index >= 15 is 0 Å². The van der Waals surface area contributed by atoms with Crippen LogP contribution in [-0.2, 0) is 4.74 Å². The van der Waals surface area contributed by atoms with Gasteiger partial charge >= 0.3 is 0 Å². The Morgan fingerprint density at radius 2 is 1.80 bits per heavy atom. The number of benzene rings is 2. The molecule has 0 aliphatic rings. The smallest absolute Gasteiger partial charge is 0.103 e. The molecule has 106 valence electrons. The van der Waals surface area contributed by atoms with Gasteiger partial charge in [0.1, 0.15) is 6.10 Å². The van der Waals surface area contributed by atoms with Gasteiger partial charge in [-0.2, -0.15) is 0 Å². The van der Waals surface area contributed by atoms with Crippen molar-refractivity contribution in [2.24, 2.45) is 5.84 Å². The molecule has 0 saturated carbocycles. The van der Waals surface area contributed by atoms with Crippen LogP contribution in [0.1, 0.15) is 23.3 Å². The van der Waals surface area contributed by atoms with Gasteiger partial charge in [-0.15, -0.1) is 0 Å². The van der Waals surface area contributed by atoms with E-state index in [4.69, 9.17) is 33.8 Å². The van der Waals surface area contributed by atoms with E-state index in [9.17, 15) is 0 Å². The number of hydrogen-bond donors (Lipinski definition) is 2. The van der Waals surface area contributed by atoms with Crippen LogP contribution in [0, 0.1) is 0 Å². The summed E-state index contributed by atoms with van der Waals surface area (Å²) in [6.45, 7) is 0. The molecule has 0 amide bonds. The monoisotopic (exact) mass is 310 g/mol. The van der Waals surface area contributed by atoms with E-state index in [1.807, 2.05) is 30.3 Å². The zero-order valence-corrected chi connectivity index (χ0v) is 12.5. The zero-order valence-electron chi connectivity index (χ0n) is 11.0. The average molecular weight is 311 g/mol. The number of hydrogen-bond acceptors (Lipinski definition) is 3. The first-order chi connectivity index (χ1) is 9.67. The lowest BCUT2D eigenvalue weighted by atomic mass is 9.96. The van der Waals surface area contributed by atoms with Crippen molar-refractivity contribution >= 4 is 23.2 Å². The van der Waals surface area contributed by atoms with Crippen LogP contribution in [0.25, 0.3) is 0 Å². The first-order valence-corrected chi connectivity index (χ1v) is 6.91. The minimum Gasteiger partial charge on any atom is -0.375 e. The number of hydrazine groups is 1. The summed E-state index contributed by atoms with van der Waals surface area (Å²) in [6, 6.07) is 14.8. The summed E-state index contributed by atoms with van der Waals surface area (Å²) in [5.74, 6) is 5.71. The summed E-state index contributed by atoms with van der Waals surface area (Å²) in [7, 11) is 1.64. The molecule has 2 atom stereocenters. The largest absolute Gasteiger partial charge is 0.375 e. The van der Waals surface area contributed by atoms with Crippen molar-refractivity contribution in [2.75, 3.05) is 7.11 Å². The first-order valence-electron chi connectivity index (χ1n) is 6.16. The topological polar surface area (TPSA) is 47.3 Å². The Balaban J connectivity index is 2.42. The van der Waals surface area contributed by atoms with Gasteiger partial charge in [-0.1, -0.05) is 53.5 Å². The molecule has 2 aromatic carbocycles. The molecule has 2 rings (SSSR count). The summed E-state index contributed by atoms with van der Waals surface area (Å²) in [6.07, 6.45) is -0.267. The molecule has 20 heavy (non-hydrogen) atoms. The second-order valence-electron chi connectivity index (χ2n) is 4.38. The van der Waals surface area contributed by atoms with Crippen molar-refractivity contribution in [3.8, 4) is 0 Å². The summed E-state index contributed by atoms with van der Waals surface area (Å²) in [5, 5.41) is 1.20. The predicted octanol–water partition coefficient (Wildman–Crippen LogP) is 3.89. The summed E-state index contributed by atoms with van der Waals surface area (Å²) < 4.78 is 5.59. The number of nitrogens with two attached hydrogens (primary N) is 1. The minimum atomic E-state index is -0.298. The number of nitrogens with one attached hydrogen (secondary N) is 1. The van der Waals surface area contributed by atoms with Crippen LogP contribution in [-0.4, -0.2) is 7.11 Å². The maximum absolute atomic E-state index is 6.25. The van der Waals surface area contributed by atoms with Crippen LogP contribution in [0.5, 0.6) is 0 Å². The number of ether oxygens (including phenoxy) is 1. The molecule has 0 radical (unpaired) electrons. The first kappa shape index (κ1) is 15.3. The highest BCUT2D eigenvalue weighted by molar-refractivity contribution is 6.33. The van der Waals surface area contributed by atoms with Crippen LogP contribution in [0.2, 0.25) is 10.0 Å². The summed E-state index contributed by atoms with van der Waals surface area (Å²) >= 11 is 12.3. The van der Waals surface area contributed by atoms with Crippen molar-refractivity contribution in [2.45, 2.75) is 12.1 Å². The SMILES string of the molecule is COC(c1ccccc1)C(NN)c1cc(Cl)ccc1Cl. The van der Waals surface area contributed by atoms with E-state index in [2.05, 4.69) is 5.43 Å². The average Bonchev–Trinajstić information content (AvgIpc) is 2.48. The second kappa shape index (κ2) is 7.07. The summed E-state index contributed by atoms with van der Waals surface area (Å²) in [5.41, 5.74) is 4.58. The van der Waals surface area contributed by atoms with Gasteiger partial charge in [0.25, 0.3) is 0 Å². The van der Waals surface area contributed by atoms with E-state index in [-0.39, 0.29) is 12.1 Å². The van der Waals surface area contributed by atoms with Crippen LogP contribution < -0.4 is 11.3 Å². The number of halogens is 2. The van der Waals surface area contributed by atoms with Gasteiger partial charge in [0.2, 0.25) is 0 Å². The molecule has 0 aliphatic heterocycles. The van der Waals surface area contributed by atoms with Crippen LogP contribution in [0.4, 0.5) is 0 Å². The van der Waals surface area contributed by atoms with Crippen molar-refractivity contribution in [1.82, 2.24) is 5.43 Å². The second-order valence-corrected chi connectivity index (χ2v) is 5.22. The van der Waals surface area contributed by atoms with Gasteiger partial charge in [0.15, 0.2) is 0 Å². The highest BCUT2D eigenvalue weighted by Crippen LogP contribution is 2.35. The lowest BCUT2D eigenvalue weighted by molar-refractivity contribution is 0.0676. The molecule has 3 nitrogen and oxygen atoms in total. The van der Waals surface area contributed by atoms with E-state index in [1.165, 1.54) is 0 Å². The molecule has 0 heterocycles. The predicted molar refractivity (Wildman–Crippen MR) is 82.7 cm³/mol. The third kappa shape index (κ3) is 3.32. The fourth-order valence-corrected chi connectivity index (χ4v) is 2.62. The van der Waals surface area contributed by atoms with Gasteiger partial charge in [-0.3, -0.25) is 5.84 Å². The normalized spacial score (nSPS) is 14.0. The van der Waals surface area contributed by atoms with Crippen molar-refractivity contribution in [1.29, 1.82) is 0 Å². The molecule has 0 aromatic heterocycles. The van der Waals surface area contributed by atoms with Crippen molar-refractivity contribution in [3.05, 3.63) is 69.7 Å². The van der Waals surface area contributed by atoms with E-state index in [1.54, 1.807) is 25.3 Å². The van der Waals surface area contributed by atoms with Crippen LogP contribution in [0.3, 0.4) is 0 Å². The molecule has 0 aliphatic carbocycles. The maximum Gasteiger partial charge on any atom is 0.103 e. The van der Waals surface area contributed by atoms with Crippen molar-refractivity contribution in [3.63, 3.8) is 0 Å². The fraction of sp³-hybridized carbons (Fsp3) is 0.200. The molecular formula is C15H16Cl2N2O. The molecule has 5 heteroatoms. The molecular weight excluding hydrogens is 295 g/mol. The van der Waals surface area contributed by atoms with E-state index in [0.717, 1.165) is 11.1 Å². The molecule has 3 N–H and O–H groups in total. The third-order valence-corrected chi connectivity index (χ3v) is 3.74. The maximum atomic E-state index is 6.25. The van der Waals surface area contributed by atoms with Crippen molar-refractivity contribution < 1.29 is 4.74 Å². The van der Waals surface area contributed by atoms with Gasteiger partial charge in [0.05, 0.1) is 6.04 Å². The minimum absolute atomic E-state index is 0.267. The quantitative estimate of drug-likeness (QED) is 0.650. The van der Waals surface area contributed by atoms with Crippen LogP contribution in [0.15, 0.2) is 48.5 Å². The Hall–Kier alpha value is -1.10. The molecule has 0 spiro atoms. The lowest BCUT2D eigenvalue weighted by Gasteiger charge is -2.27.